The maximum atomic E-state index is 9.44. The third kappa shape index (κ3) is 6040. The molecule has 8 heavy (non-hydrogen) atoms. The van der Waals surface area contributed by atoms with Gasteiger partial charge in [0.25, 0.3) is 0 Å². The van der Waals surface area contributed by atoms with Crippen LogP contribution < -0.4 is 0 Å². The maximum Gasteiger partial charge on any atom is 0.126 e. The average Bonchev–Trinajstić information content (AvgIpc) is 1.65. The van der Waals surface area contributed by atoms with Gasteiger partial charge in [-0.2, -0.15) is 0 Å². The number of rotatable bonds is 0. The molecule has 0 amide bonds. The SMILES string of the molecule is CC(C)=O.CC=C=N. The van der Waals surface area contributed by atoms with Gasteiger partial charge in [-0.05, 0) is 32.7 Å². The minimum absolute atomic E-state index is 0.167. The summed E-state index contributed by atoms with van der Waals surface area (Å²) in [5.74, 6) is 2.22. The number of carbonyl (C=O) groups is 1. The highest BCUT2D eigenvalue weighted by molar-refractivity contribution is 5.72. The van der Waals surface area contributed by atoms with E-state index in [9.17, 15) is 4.79 Å². The monoisotopic (exact) mass is 113 g/mol. The van der Waals surface area contributed by atoms with Crippen molar-refractivity contribution in [2.24, 2.45) is 0 Å². The molecular weight excluding hydrogens is 102 g/mol. The molecule has 46 valence electrons. The zero-order chi connectivity index (χ0) is 6.99. The van der Waals surface area contributed by atoms with Crippen LogP contribution in [0.2, 0.25) is 0 Å². The number of carbonyl (C=O) groups excluding carboxylic acids is 1. The summed E-state index contributed by atoms with van der Waals surface area (Å²) < 4.78 is 0. The highest BCUT2D eigenvalue weighted by Gasteiger charge is 1.62. The van der Waals surface area contributed by atoms with E-state index in [1.54, 1.807) is 13.0 Å². The summed E-state index contributed by atoms with van der Waals surface area (Å²) in [4.78, 5) is 9.44. The molecule has 0 aliphatic rings. The van der Waals surface area contributed by atoms with Crippen LogP contribution in [0.15, 0.2) is 6.08 Å². The smallest absolute Gasteiger partial charge is 0.126 e. The number of allylic oxidation sites excluding steroid dienone is 1. The molecule has 0 bridgehead atoms. The first-order valence-corrected chi connectivity index (χ1v) is 2.32. The molecule has 0 aliphatic carbocycles. The second-order valence-corrected chi connectivity index (χ2v) is 1.34. The van der Waals surface area contributed by atoms with Crippen molar-refractivity contribution in [1.82, 2.24) is 0 Å². The first-order valence-electron chi connectivity index (χ1n) is 2.32. The Morgan fingerprint density at radius 1 is 1.62 bits per heavy atom. The second kappa shape index (κ2) is 9.45. The van der Waals surface area contributed by atoms with Crippen molar-refractivity contribution >= 4 is 11.7 Å². The lowest BCUT2D eigenvalue weighted by molar-refractivity contribution is -0.114. The van der Waals surface area contributed by atoms with Gasteiger partial charge in [0.2, 0.25) is 0 Å². The molecule has 1 N–H and O–H groups in total. The quantitative estimate of drug-likeness (QED) is 0.474. The Morgan fingerprint density at radius 3 is 1.75 bits per heavy atom. The molecule has 0 radical (unpaired) electrons. The Balaban J connectivity index is 0. The standard InChI is InChI=1S/C3H5N.C3H6O/c1-2-3-4;1-3(2)4/h2,4H,1H3;1-2H3. The lowest BCUT2D eigenvalue weighted by Gasteiger charge is -1.56. The van der Waals surface area contributed by atoms with Crippen LogP contribution in [0, 0.1) is 5.41 Å². The normalized spacial score (nSPS) is 5.38. The van der Waals surface area contributed by atoms with E-state index in [-0.39, 0.29) is 5.78 Å². The van der Waals surface area contributed by atoms with Gasteiger partial charge in [-0.3, -0.25) is 5.41 Å². The van der Waals surface area contributed by atoms with Gasteiger partial charge in [-0.15, -0.1) is 0 Å². The van der Waals surface area contributed by atoms with Crippen LogP contribution in [0.4, 0.5) is 0 Å². The fourth-order valence-electron chi connectivity index (χ4n) is 0. The molecule has 2 heteroatoms. The van der Waals surface area contributed by atoms with Crippen molar-refractivity contribution in [2.45, 2.75) is 20.8 Å². The molecule has 0 aromatic rings. The highest BCUT2D eigenvalue weighted by Crippen LogP contribution is 1.50. The van der Waals surface area contributed by atoms with Gasteiger partial charge in [-0.25, -0.2) is 0 Å². The highest BCUT2D eigenvalue weighted by atomic mass is 16.1. The van der Waals surface area contributed by atoms with E-state index in [1.165, 1.54) is 13.8 Å². The zero-order valence-electron chi connectivity index (χ0n) is 5.49. The maximum absolute atomic E-state index is 9.44. The van der Waals surface area contributed by atoms with Gasteiger partial charge in [0.05, 0.1) is 0 Å². The van der Waals surface area contributed by atoms with Gasteiger partial charge in [0.1, 0.15) is 5.78 Å². The average molecular weight is 113 g/mol. The van der Waals surface area contributed by atoms with Gasteiger partial charge in [0.15, 0.2) is 0 Å². The van der Waals surface area contributed by atoms with Crippen molar-refractivity contribution in [1.29, 1.82) is 5.41 Å². The van der Waals surface area contributed by atoms with Crippen LogP contribution in [0.5, 0.6) is 0 Å². The third-order valence-corrected chi connectivity index (χ3v) is 0.144. The summed E-state index contributed by atoms with van der Waals surface area (Å²) in [5, 5.41) is 6.15. The lowest BCUT2D eigenvalue weighted by atomic mass is 10.6. The Morgan fingerprint density at radius 2 is 1.75 bits per heavy atom. The molecule has 0 atom stereocenters. The minimum Gasteiger partial charge on any atom is -0.300 e. The first kappa shape index (κ1) is 10.2. The van der Waals surface area contributed by atoms with E-state index in [1.807, 2.05) is 0 Å². The molecule has 0 heterocycles. The van der Waals surface area contributed by atoms with Crippen molar-refractivity contribution in [3.63, 3.8) is 0 Å². The Hall–Kier alpha value is -0.880. The summed E-state index contributed by atoms with van der Waals surface area (Å²) in [6.07, 6.45) is 1.54. The van der Waals surface area contributed by atoms with Crippen molar-refractivity contribution in [3.05, 3.63) is 6.08 Å². The molecule has 0 spiro atoms. The molecule has 0 saturated heterocycles. The predicted octanol–water partition coefficient (Wildman–Crippen LogP) is 1.41. The lowest BCUT2D eigenvalue weighted by Crippen LogP contribution is -1.69. The summed E-state index contributed by atoms with van der Waals surface area (Å²) in [6, 6.07) is 0. The molecule has 0 aromatic carbocycles. The molecule has 0 saturated carbocycles. The topological polar surface area (TPSA) is 40.9 Å². The van der Waals surface area contributed by atoms with Crippen molar-refractivity contribution in [3.8, 4) is 0 Å². The van der Waals surface area contributed by atoms with E-state index in [2.05, 4.69) is 5.87 Å². The number of Topliss-reactive ketones (excluding diaryl/α,β-unsaturated/α-hetero) is 1. The number of nitrogens with one attached hydrogen (secondary N) is 1. The Bertz CT molecular complexity index is 97.1. The summed E-state index contributed by atoms with van der Waals surface area (Å²) in [7, 11) is 0. The summed E-state index contributed by atoms with van der Waals surface area (Å²) >= 11 is 0. The van der Waals surface area contributed by atoms with E-state index in [4.69, 9.17) is 5.41 Å². The number of hydrogen-bond acceptors (Lipinski definition) is 2. The van der Waals surface area contributed by atoms with Crippen molar-refractivity contribution < 1.29 is 4.79 Å². The Labute approximate surface area is 49.7 Å². The van der Waals surface area contributed by atoms with Crippen LogP contribution in [0.3, 0.4) is 0 Å². The summed E-state index contributed by atoms with van der Waals surface area (Å²) in [5.41, 5.74) is 0. The first-order chi connectivity index (χ1) is 3.65. The van der Waals surface area contributed by atoms with Crippen LogP contribution in [0.1, 0.15) is 20.8 Å². The van der Waals surface area contributed by atoms with Crippen LogP contribution in [-0.2, 0) is 4.79 Å². The van der Waals surface area contributed by atoms with E-state index < -0.39 is 0 Å². The molecule has 0 aliphatic heterocycles. The molecular formula is C6H11NO. The zero-order valence-corrected chi connectivity index (χ0v) is 5.49. The molecule has 0 unspecified atom stereocenters. The molecule has 2 nitrogen and oxygen atoms in total. The number of hydrogen-bond donors (Lipinski definition) is 1. The second-order valence-electron chi connectivity index (χ2n) is 1.34. The fraction of sp³-hybridized carbons (Fsp3) is 0.500. The van der Waals surface area contributed by atoms with Gasteiger partial charge < -0.3 is 4.79 Å². The minimum atomic E-state index is 0.167. The summed E-state index contributed by atoms with van der Waals surface area (Å²) in [6.45, 7) is 4.81. The van der Waals surface area contributed by atoms with Crippen molar-refractivity contribution in [2.75, 3.05) is 0 Å². The van der Waals surface area contributed by atoms with Crippen LogP contribution in [0.25, 0.3) is 0 Å². The van der Waals surface area contributed by atoms with Gasteiger partial charge in [0, 0.05) is 0 Å². The van der Waals surface area contributed by atoms with E-state index >= 15 is 0 Å². The predicted molar refractivity (Wildman–Crippen MR) is 34.3 cm³/mol. The Kier molecular flexibility index (Phi) is 12.0. The largest absolute Gasteiger partial charge is 0.300 e. The fourth-order valence-corrected chi connectivity index (χ4v) is 0. The molecule has 0 rings (SSSR count). The van der Waals surface area contributed by atoms with Gasteiger partial charge in [-0.1, -0.05) is 0 Å². The third-order valence-electron chi connectivity index (χ3n) is 0.144. The van der Waals surface area contributed by atoms with Crippen LogP contribution in [-0.4, -0.2) is 11.7 Å². The van der Waals surface area contributed by atoms with Gasteiger partial charge >= 0.3 is 0 Å². The van der Waals surface area contributed by atoms with E-state index in [0.29, 0.717) is 0 Å². The van der Waals surface area contributed by atoms with Crippen LogP contribution >= 0.6 is 0 Å². The van der Waals surface area contributed by atoms with E-state index in [0.717, 1.165) is 0 Å². The molecule has 0 aromatic heterocycles. The molecule has 0 fully saturated rings. The number of ketones is 1.